The van der Waals surface area contributed by atoms with Crippen LogP contribution in [0.15, 0.2) is 21.7 Å². The Morgan fingerprint density at radius 3 is 2.65 bits per heavy atom. The van der Waals surface area contributed by atoms with E-state index < -0.39 is 10.0 Å². The molecule has 1 amide bonds. The molecule has 1 saturated heterocycles. The summed E-state index contributed by atoms with van der Waals surface area (Å²) in [5.74, 6) is 0.0672. The second-order valence-corrected chi connectivity index (χ2v) is 10.2. The van der Waals surface area contributed by atoms with Gasteiger partial charge in [0.25, 0.3) is 15.9 Å². The van der Waals surface area contributed by atoms with Crippen LogP contribution in [0.2, 0.25) is 0 Å². The summed E-state index contributed by atoms with van der Waals surface area (Å²) in [7, 11) is -3.37. The molecular formula is C18H32N3O3S2+. The average Bonchev–Trinajstić information content (AvgIpc) is 3.14. The zero-order valence-corrected chi connectivity index (χ0v) is 17.5. The molecule has 1 aromatic heterocycles. The monoisotopic (exact) mass is 402 g/mol. The molecule has 1 aliphatic rings. The zero-order valence-electron chi connectivity index (χ0n) is 15.9. The van der Waals surface area contributed by atoms with E-state index in [4.69, 9.17) is 0 Å². The first kappa shape index (κ1) is 21.3. The van der Waals surface area contributed by atoms with E-state index in [9.17, 15) is 13.2 Å². The Kier molecular flexibility index (Phi) is 8.53. The van der Waals surface area contributed by atoms with Crippen LogP contribution in [0.1, 0.15) is 46.0 Å². The van der Waals surface area contributed by atoms with Crippen molar-refractivity contribution in [2.45, 2.75) is 56.2 Å². The summed E-state index contributed by atoms with van der Waals surface area (Å²) in [4.78, 5) is 13.4. The number of carbonyl (C=O) groups is 1. The highest BCUT2D eigenvalue weighted by atomic mass is 32.2. The van der Waals surface area contributed by atoms with Crippen molar-refractivity contribution >= 4 is 27.3 Å². The Bertz CT molecular complexity index is 639. The van der Waals surface area contributed by atoms with Crippen molar-refractivity contribution in [1.82, 2.24) is 9.62 Å². The molecule has 0 aromatic carbocycles. The Balaban J connectivity index is 1.70. The zero-order chi connectivity index (χ0) is 19.0. The van der Waals surface area contributed by atoms with Gasteiger partial charge in [-0.1, -0.05) is 38.7 Å². The number of nitrogens with one attached hydrogen (secondary N) is 2. The van der Waals surface area contributed by atoms with Crippen molar-refractivity contribution in [3.63, 3.8) is 0 Å². The van der Waals surface area contributed by atoms with Gasteiger partial charge in [0, 0.05) is 6.04 Å². The van der Waals surface area contributed by atoms with Gasteiger partial charge in [-0.2, -0.15) is 4.31 Å². The van der Waals surface area contributed by atoms with Gasteiger partial charge in [0.05, 0.1) is 26.2 Å². The number of hydrogen-bond acceptors (Lipinski definition) is 4. The molecule has 0 spiro atoms. The van der Waals surface area contributed by atoms with Gasteiger partial charge < -0.3 is 10.2 Å². The molecule has 0 unspecified atom stereocenters. The van der Waals surface area contributed by atoms with E-state index in [0.29, 0.717) is 36.9 Å². The molecule has 1 atom stereocenters. The molecule has 26 heavy (non-hydrogen) atoms. The SMILES string of the molecule is CCCCCC[C@@H](C)NC(=O)C[NH+]1CCN(S(=O)(=O)c2cccs2)CC1. The quantitative estimate of drug-likeness (QED) is 0.576. The maximum atomic E-state index is 12.5. The Morgan fingerprint density at radius 1 is 1.31 bits per heavy atom. The number of piperazine rings is 1. The molecule has 1 aliphatic heterocycles. The van der Waals surface area contributed by atoms with Crippen molar-refractivity contribution in [3.8, 4) is 0 Å². The summed E-state index contributed by atoms with van der Waals surface area (Å²) in [6.45, 7) is 6.95. The van der Waals surface area contributed by atoms with Gasteiger partial charge in [0.2, 0.25) is 0 Å². The minimum atomic E-state index is -3.37. The Labute approximate surface area is 161 Å². The number of hydrogen-bond donors (Lipinski definition) is 2. The van der Waals surface area contributed by atoms with Crippen LogP contribution >= 0.6 is 11.3 Å². The largest absolute Gasteiger partial charge is 0.349 e. The lowest BCUT2D eigenvalue weighted by Crippen LogP contribution is -3.15. The lowest BCUT2D eigenvalue weighted by Gasteiger charge is -2.31. The predicted octanol–water partition coefficient (Wildman–Crippen LogP) is 1.11. The number of sulfonamides is 1. The average molecular weight is 403 g/mol. The van der Waals surface area contributed by atoms with E-state index >= 15 is 0 Å². The van der Waals surface area contributed by atoms with Gasteiger partial charge in [-0.3, -0.25) is 4.79 Å². The fourth-order valence-corrected chi connectivity index (χ4v) is 5.85. The number of thiophene rings is 1. The Morgan fingerprint density at radius 2 is 2.04 bits per heavy atom. The molecule has 6 nitrogen and oxygen atoms in total. The van der Waals surface area contributed by atoms with Gasteiger partial charge in [0.1, 0.15) is 4.21 Å². The fourth-order valence-electron chi connectivity index (χ4n) is 3.26. The third-order valence-corrected chi connectivity index (χ3v) is 8.10. The first-order chi connectivity index (χ1) is 12.4. The van der Waals surface area contributed by atoms with E-state index in [1.54, 1.807) is 17.5 Å². The number of amides is 1. The molecule has 1 fully saturated rings. The lowest BCUT2D eigenvalue weighted by molar-refractivity contribution is -0.895. The van der Waals surface area contributed by atoms with Gasteiger partial charge >= 0.3 is 0 Å². The van der Waals surface area contributed by atoms with Crippen LogP contribution in [-0.4, -0.2) is 57.4 Å². The topological polar surface area (TPSA) is 70.9 Å². The summed E-state index contributed by atoms with van der Waals surface area (Å²) in [5.41, 5.74) is 0. The molecule has 0 bridgehead atoms. The molecule has 2 heterocycles. The summed E-state index contributed by atoms with van der Waals surface area (Å²) in [5, 5.41) is 4.86. The summed E-state index contributed by atoms with van der Waals surface area (Å²) in [6.07, 6.45) is 5.87. The normalized spacial score (nSPS) is 17.9. The molecule has 0 saturated carbocycles. The molecule has 0 radical (unpaired) electrons. The number of quaternary nitrogens is 1. The van der Waals surface area contributed by atoms with E-state index in [1.165, 1.54) is 34.9 Å². The summed E-state index contributed by atoms with van der Waals surface area (Å²) in [6, 6.07) is 3.61. The number of unbranched alkanes of at least 4 members (excludes halogenated alkanes) is 3. The second-order valence-electron chi connectivity index (χ2n) is 7.08. The molecular weight excluding hydrogens is 370 g/mol. The standard InChI is InChI=1S/C18H31N3O3S2/c1-3-4-5-6-8-16(2)19-17(22)15-20-10-12-21(13-11-20)26(23,24)18-9-7-14-25-18/h7,9,14,16H,3-6,8,10-13,15H2,1-2H3,(H,19,22)/p+1/t16-/m1/s1. The number of carbonyl (C=O) groups excluding carboxylic acids is 1. The lowest BCUT2D eigenvalue weighted by atomic mass is 10.1. The van der Waals surface area contributed by atoms with Gasteiger partial charge in [-0.25, -0.2) is 8.42 Å². The maximum Gasteiger partial charge on any atom is 0.275 e. The molecule has 0 aliphatic carbocycles. The molecule has 2 rings (SSSR count). The molecule has 148 valence electrons. The van der Waals surface area contributed by atoms with Crippen LogP contribution in [0, 0.1) is 0 Å². The van der Waals surface area contributed by atoms with E-state index in [-0.39, 0.29) is 11.9 Å². The third kappa shape index (κ3) is 6.33. The van der Waals surface area contributed by atoms with E-state index in [2.05, 4.69) is 19.2 Å². The maximum absolute atomic E-state index is 12.5. The van der Waals surface area contributed by atoms with Crippen LogP contribution < -0.4 is 10.2 Å². The van der Waals surface area contributed by atoms with Crippen LogP contribution in [-0.2, 0) is 14.8 Å². The molecule has 1 aromatic rings. The van der Waals surface area contributed by atoms with E-state index in [0.717, 1.165) is 17.7 Å². The first-order valence-corrected chi connectivity index (χ1v) is 11.9. The Hall–Kier alpha value is -0.960. The second kappa shape index (κ2) is 10.4. The fraction of sp³-hybridized carbons (Fsp3) is 0.722. The van der Waals surface area contributed by atoms with E-state index in [1.807, 2.05) is 0 Å². The van der Waals surface area contributed by atoms with Gasteiger partial charge in [0.15, 0.2) is 6.54 Å². The molecule has 2 N–H and O–H groups in total. The van der Waals surface area contributed by atoms with Crippen molar-refractivity contribution in [2.75, 3.05) is 32.7 Å². The van der Waals surface area contributed by atoms with Crippen LogP contribution in [0.5, 0.6) is 0 Å². The van der Waals surface area contributed by atoms with Crippen LogP contribution in [0.25, 0.3) is 0 Å². The third-order valence-electron chi connectivity index (χ3n) is 4.83. The highest BCUT2D eigenvalue weighted by molar-refractivity contribution is 7.91. The smallest absolute Gasteiger partial charge is 0.275 e. The highest BCUT2D eigenvalue weighted by Crippen LogP contribution is 2.20. The first-order valence-electron chi connectivity index (χ1n) is 9.60. The number of nitrogens with zero attached hydrogens (tertiary/aromatic N) is 1. The predicted molar refractivity (Wildman–Crippen MR) is 105 cm³/mol. The van der Waals surface area contributed by atoms with Crippen LogP contribution in [0.3, 0.4) is 0 Å². The summed E-state index contributed by atoms with van der Waals surface area (Å²) < 4.78 is 27.0. The van der Waals surface area contributed by atoms with Crippen LogP contribution in [0.4, 0.5) is 0 Å². The van der Waals surface area contributed by atoms with Gasteiger partial charge in [-0.15, -0.1) is 11.3 Å². The number of rotatable bonds is 10. The highest BCUT2D eigenvalue weighted by Gasteiger charge is 2.31. The minimum Gasteiger partial charge on any atom is -0.349 e. The van der Waals surface area contributed by atoms with Crippen molar-refractivity contribution in [2.24, 2.45) is 0 Å². The van der Waals surface area contributed by atoms with Crippen molar-refractivity contribution in [3.05, 3.63) is 17.5 Å². The van der Waals surface area contributed by atoms with Crippen molar-refractivity contribution < 1.29 is 18.1 Å². The summed E-state index contributed by atoms with van der Waals surface area (Å²) >= 11 is 1.25. The van der Waals surface area contributed by atoms with Crippen molar-refractivity contribution in [1.29, 1.82) is 0 Å². The van der Waals surface area contributed by atoms with Gasteiger partial charge in [-0.05, 0) is 24.8 Å². The minimum absolute atomic E-state index is 0.0672. The molecule has 8 heteroatoms.